The summed E-state index contributed by atoms with van der Waals surface area (Å²) in [4.78, 5) is 54.5. The molecule has 0 aromatic carbocycles. The number of amides is 5. The minimum Gasteiger partial charge on any atom is -0.394 e. The Morgan fingerprint density at radius 3 is 0.434 bits per heavy atom. The molecule has 0 heterocycles. The zero-order chi connectivity index (χ0) is 80.3. The molecule has 10 unspecified atom stereocenters. The van der Waals surface area contributed by atoms with Crippen molar-refractivity contribution < 1.29 is 75.0 Å². The highest BCUT2D eigenvalue weighted by atomic mass is 16.3. The van der Waals surface area contributed by atoms with Gasteiger partial charge < -0.3 is 77.6 Å². The van der Waals surface area contributed by atoms with E-state index in [1.165, 1.54) is 266 Å². The van der Waals surface area contributed by atoms with Gasteiger partial charge in [-0.2, -0.15) is 0 Å². The van der Waals surface area contributed by atoms with Crippen LogP contribution in [0.25, 0.3) is 0 Å². The third-order valence-electron chi connectivity index (χ3n) is 18.0. The van der Waals surface area contributed by atoms with Gasteiger partial charge in [-0.15, -0.1) is 0 Å². The summed E-state index contributed by atoms with van der Waals surface area (Å²) < 4.78 is 0. The van der Waals surface area contributed by atoms with Gasteiger partial charge in [-0.3, -0.25) is 24.0 Å². The fourth-order valence-electron chi connectivity index (χ4n) is 11.5. The lowest BCUT2D eigenvalue weighted by Crippen LogP contribution is -2.44. The number of carbonyl (C=O) groups is 5. The first-order valence-corrected chi connectivity index (χ1v) is 42.2. The quantitative estimate of drug-likeness (QED) is 0.0199. The van der Waals surface area contributed by atoms with Gasteiger partial charge in [0.15, 0.2) is 0 Å². The van der Waals surface area contributed by atoms with Gasteiger partial charge in [0.05, 0.1) is 93.8 Å². The van der Waals surface area contributed by atoms with E-state index in [2.05, 4.69) is 61.2 Å². The summed E-state index contributed by atoms with van der Waals surface area (Å²) in [5, 5.41) is 107. The fourth-order valence-corrected chi connectivity index (χ4v) is 11.5. The average molecular weight is 1510 g/mol. The summed E-state index contributed by atoms with van der Waals surface area (Å²) >= 11 is 0. The van der Waals surface area contributed by atoms with E-state index >= 15 is 0 Å². The molecule has 0 rings (SSSR count). The summed E-state index contributed by atoms with van der Waals surface area (Å²) in [5.74, 6) is -1.23. The first kappa shape index (κ1) is 110. The van der Waals surface area contributed by atoms with E-state index in [1.807, 2.05) is 30.4 Å². The lowest BCUT2D eigenvalue weighted by atomic mass is 10.1. The Balaban J connectivity index is -0.000000401. The predicted octanol–water partition coefficient (Wildman–Crippen LogP) is 15.0. The maximum atomic E-state index is 10.9. The molecular formula is C86H167N5O15. The zero-order valence-corrected chi connectivity index (χ0v) is 69.1. The van der Waals surface area contributed by atoms with E-state index in [1.54, 1.807) is 30.4 Å². The highest BCUT2D eigenvalue weighted by Gasteiger charge is 2.20. The van der Waals surface area contributed by atoms with Gasteiger partial charge in [0.25, 0.3) is 0 Å². The second kappa shape index (κ2) is 87.9. The molecule has 626 valence electrons. The Morgan fingerprint density at radius 2 is 0.330 bits per heavy atom. The van der Waals surface area contributed by atoms with E-state index in [0.29, 0.717) is 0 Å². The van der Waals surface area contributed by atoms with Crippen LogP contribution in [-0.4, -0.2) is 174 Å². The molecule has 0 aromatic rings. The van der Waals surface area contributed by atoms with Crippen LogP contribution in [0.3, 0.4) is 0 Å². The minimum absolute atomic E-state index is 0.244. The molecule has 10 atom stereocenters. The van der Waals surface area contributed by atoms with Crippen molar-refractivity contribution in [3.63, 3.8) is 0 Å². The normalized spacial score (nSPS) is 14.3. The summed E-state index contributed by atoms with van der Waals surface area (Å²) in [6.07, 6.45) is 71.5. The van der Waals surface area contributed by atoms with Crippen LogP contribution in [0.1, 0.15) is 365 Å². The third kappa shape index (κ3) is 85.3. The van der Waals surface area contributed by atoms with Crippen molar-refractivity contribution in [2.45, 2.75) is 425 Å². The average Bonchev–Trinajstić information content (AvgIpc) is 0.981. The Morgan fingerprint density at radius 1 is 0.217 bits per heavy atom. The van der Waals surface area contributed by atoms with Crippen LogP contribution in [-0.2, 0) is 24.0 Å². The molecule has 0 saturated carbocycles. The monoisotopic (exact) mass is 1510 g/mol. The van der Waals surface area contributed by atoms with Gasteiger partial charge in [0.1, 0.15) is 0 Å². The van der Waals surface area contributed by atoms with Crippen molar-refractivity contribution in [1.82, 2.24) is 26.6 Å². The number of hydrogen-bond donors (Lipinski definition) is 15. The molecule has 0 bridgehead atoms. The molecule has 0 aliphatic rings. The lowest BCUT2D eigenvalue weighted by Gasteiger charge is -2.18. The smallest absolute Gasteiger partial charge is 0.217 e. The van der Waals surface area contributed by atoms with Gasteiger partial charge in [-0.25, -0.2) is 0 Å². The SMILES string of the molecule is CCCCCCCC/C=C/C(O)C(CO)NC(C)=O.CCCCCCCCCC/C=C/C(O)C(CO)NC(C)=O.CCCCCCCCCC/C=C/C(O)C(CO)NC(C)=O.CCCCCCCCCCC/C=C/C(O)C(CO)NC(C)=O.CCCCCCCCCCCC/C=C/C(O)C(CO)NC(C)=O. The van der Waals surface area contributed by atoms with Gasteiger partial charge in [-0.05, 0) is 64.2 Å². The zero-order valence-electron chi connectivity index (χ0n) is 69.1. The first-order chi connectivity index (χ1) is 51.1. The van der Waals surface area contributed by atoms with Crippen molar-refractivity contribution in [2.24, 2.45) is 0 Å². The van der Waals surface area contributed by atoms with E-state index in [0.717, 1.165) is 64.2 Å². The summed E-state index contributed by atoms with van der Waals surface area (Å²) in [6.45, 7) is 16.7. The van der Waals surface area contributed by atoms with Gasteiger partial charge in [0, 0.05) is 34.6 Å². The molecule has 0 fully saturated rings. The van der Waals surface area contributed by atoms with Crippen LogP contribution in [0.2, 0.25) is 0 Å². The van der Waals surface area contributed by atoms with Crippen molar-refractivity contribution >= 4 is 29.5 Å². The van der Waals surface area contributed by atoms with Gasteiger partial charge in [0.2, 0.25) is 29.5 Å². The Hall–Kier alpha value is -4.35. The molecule has 20 nitrogen and oxygen atoms in total. The molecule has 0 aromatic heterocycles. The summed E-state index contributed by atoms with van der Waals surface area (Å²) in [7, 11) is 0. The van der Waals surface area contributed by atoms with Crippen LogP contribution < -0.4 is 26.6 Å². The molecule has 0 aliphatic heterocycles. The minimum atomic E-state index is -0.827. The number of hydrogen-bond acceptors (Lipinski definition) is 15. The Kier molecular flexibility index (Phi) is 91.4. The molecule has 0 radical (unpaired) electrons. The molecule has 0 spiro atoms. The van der Waals surface area contributed by atoms with Crippen molar-refractivity contribution in [1.29, 1.82) is 0 Å². The van der Waals surface area contributed by atoms with Crippen molar-refractivity contribution in [3.05, 3.63) is 60.8 Å². The second-order valence-electron chi connectivity index (χ2n) is 28.7. The second-order valence-corrected chi connectivity index (χ2v) is 28.7. The third-order valence-corrected chi connectivity index (χ3v) is 18.0. The number of aliphatic hydroxyl groups is 10. The van der Waals surface area contributed by atoms with Crippen molar-refractivity contribution in [2.75, 3.05) is 33.0 Å². The van der Waals surface area contributed by atoms with Gasteiger partial charge >= 0.3 is 0 Å². The van der Waals surface area contributed by atoms with Crippen LogP contribution in [0.15, 0.2) is 60.8 Å². The molecule has 106 heavy (non-hydrogen) atoms. The molecule has 5 amide bonds. The van der Waals surface area contributed by atoms with Gasteiger partial charge in [-0.1, -0.05) is 327 Å². The first-order valence-electron chi connectivity index (χ1n) is 42.2. The molecule has 0 aliphatic carbocycles. The number of rotatable bonds is 66. The summed E-state index contributed by atoms with van der Waals surface area (Å²) in [5.41, 5.74) is 0. The number of aliphatic hydroxyl groups excluding tert-OH is 10. The van der Waals surface area contributed by atoms with E-state index in [9.17, 15) is 49.5 Å². The topological polar surface area (TPSA) is 348 Å². The van der Waals surface area contributed by atoms with E-state index in [-0.39, 0.29) is 62.6 Å². The van der Waals surface area contributed by atoms with Crippen LogP contribution in [0, 0.1) is 0 Å². The van der Waals surface area contributed by atoms with Crippen LogP contribution >= 0.6 is 0 Å². The molecule has 0 saturated heterocycles. The maximum absolute atomic E-state index is 10.9. The molecule has 20 heteroatoms. The molecular weight excluding hydrogens is 1340 g/mol. The number of unbranched alkanes of at least 4 members (excludes halogenated alkanes) is 41. The number of carbonyl (C=O) groups excluding carboxylic acids is 5. The number of nitrogens with one attached hydrogen (secondary N) is 5. The predicted molar refractivity (Wildman–Crippen MR) is 440 cm³/mol. The Labute approximate surface area is 647 Å². The highest BCUT2D eigenvalue weighted by molar-refractivity contribution is 5.74. The lowest BCUT2D eigenvalue weighted by molar-refractivity contribution is -0.121. The van der Waals surface area contributed by atoms with Crippen LogP contribution in [0.4, 0.5) is 0 Å². The largest absolute Gasteiger partial charge is 0.394 e. The summed E-state index contributed by atoms with van der Waals surface area (Å²) in [6, 6.07) is -3.07. The Bertz CT molecular complexity index is 2010. The van der Waals surface area contributed by atoms with Crippen LogP contribution in [0.5, 0.6) is 0 Å². The molecule has 15 N–H and O–H groups in total. The van der Waals surface area contributed by atoms with E-state index in [4.69, 9.17) is 25.5 Å². The van der Waals surface area contributed by atoms with Crippen molar-refractivity contribution in [3.8, 4) is 0 Å². The maximum Gasteiger partial charge on any atom is 0.217 e. The fraction of sp³-hybridized carbons (Fsp3) is 0.826. The number of allylic oxidation sites excluding steroid dienone is 5. The standard InChI is InChI=1S/C19H37NO3.C18H35NO3.2C17H33NO3.C15H29NO3/c1-3-4-5-6-7-8-9-10-11-12-13-14-15-19(23)18(16-21)20-17(2)22;1-3-4-5-6-7-8-9-10-11-12-13-14-18(22)17(15-20)19-16(2)21;2*1-3-4-5-6-7-8-9-10-11-12-13-17(21)16(14-19)18-15(2)20;1-3-4-5-6-7-8-9-10-11-15(19)14(12-17)16-13(2)18/h14-15,18-19,21,23H,3-13,16H2,1-2H3,(H,20,22);13-14,17-18,20,22H,3-12,15H2,1-2H3,(H,19,21);2*12-13,16-17,19,21H,3-11,14H2,1-2H3,(H,18,20);10-11,14-15,17,19H,3-9,12H2,1-2H3,(H,16,18)/b15-14+;14-13+;2*13-12+;11-10+. The van der Waals surface area contributed by atoms with E-state index < -0.39 is 60.7 Å². The highest BCUT2D eigenvalue weighted by Crippen LogP contribution is 2.16.